The van der Waals surface area contributed by atoms with E-state index >= 15 is 0 Å². The predicted octanol–water partition coefficient (Wildman–Crippen LogP) is -4.90. The Morgan fingerprint density at radius 1 is 1.32 bits per heavy atom. The van der Waals surface area contributed by atoms with E-state index in [1.165, 1.54) is 0 Å². The maximum atomic E-state index is 11.2. The van der Waals surface area contributed by atoms with Gasteiger partial charge in [-0.2, -0.15) is 0 Å². The lowest BCUT2D eigenvalue weighted by Gasteiger charge is -2.44. The van der Waals surface area contributed by atoms with Crippen LogP contribution in [-0.2, 0) is 14.3 Å². The predicted molar refractivity (Wildman–Crippen MR) is 66.2 cm³/mol. The fraction of sp³-hybridized carbons (Fsp3) is 0.818. The molecule has 22 heavy (non-hydrogen) atoms. The van der Waals surface area contributed by atoms with Gasteiger partial charge in [0.2, 0.25) is 5.91 Å². The van der Waals surface area contributed by atoms with Gasteiger partial charge in [-0.1, -0.05) is 0 Å². The highest BCUT2D eigenvalue weighted by Gasteiger charge is 2.53. The molecule has 6 atom stereocenters. The van der Waals surface area contributed by atoms with Crippen molar-refractivity contribution >= 4 is 11.9 Å². The molecule has 1 aliphatic heterocycles. The van der Waals surface area contributed by atoms with Crippen molar-refractivity contribution in [1.82, 2.24) is 5.32 Å². The van der Waals surface area contributed by atoms with Gasteiger partial charge in [-0.05, 0) is 0 Å². The third-order valence-electron chi connectivity index (χ3n) is 3.31. The van der Waals surface area contributed by atoms with Crippen LogP contribution < -0.4 is 5.32 Å². The first-order chi connectivity index (χ1) is 10.2. The second kappa shape index (κ2) is 7.28. The lowest BCUT2D eigenvalue weighted by Crippen LogP contribution is -2.67. The molecule has 0 spiro atoms. The quantitative estimate of drug-likeness (QED) is 0.234. The molecule has 8 N–H and O–H groups in total. The molecule has 0 aromatic carbocycles. The van der Waals surface area contributed by atoms with Crippen LogP contribution in [0.15, 0.2) is 0 Å². The zero-order valence-corrected chi connectivity index (χ0v) is 11.4. The third-order valence-corrected chi connectivity index (χ3v) is 3.31. The van der Waals surface area contributed by atoms with Crippen molar-refractivity contribution in [3.8, 4) is 0 Å². The van der Waals surface area contributed by atoms with Crippen molar-refractivity contribution in [2.75, 3.05) is 13.2 Å². The number of amides is 1. The Balaban J connectivity index is 3.07. The summed E-state index contributed by atoms with van der Waals surface area (Å²) in [5, 5.41) is 67.5. The Bertz CT molecular complexity index is 418. The number of carbonyl (C=O) groups is 2. The Hall–Kier alpha value is -1.34. The lowest BCUT2D eigenvalue weighted by molar-refractivity contribution is -0.295. The molecule has 5 unspecified atom stereocenters. The molecule has 1 saturated heterocycles. The summed E-state index contributed by atoms with van der Waals surface area (Å²) in [6.45, 7) is -1.86. The van der Waals surface area contributed by atoms with Gasteiger partial charge in [-0.15, -0.1) is 0 Å². The van der Waals surface area contributed by atoms with Crippen LogP contribution in [0.5, 0.6) is 0 Å². The van der Waals surface area contributed by atoms with Gasteiger partial charge < -0.3 is 45.8 Å². The number of aliphatic hydroxyl groups excluding tert-OH is 5. The molecular formula is C11H19NO10. The van der Waals surface area contributed by atoms with Crippen molar-refractivity contribution in [3.63, 3.8) is 0 Å². The van der Waals surface area contributed by atoms with Crippen LogP contribution in [-0.4, -0.2) is 97.1 Å². The molecule has 1 aliphatic rings. The van der Waals surface area contributed by atoms with E-state index in [1.807, 2.05) is 0 Å². The maximum absolute atomic E-state index is 11.2. The van der Waals surface area contributed by atoms with Crippen molar-refractivity contribution in [1.29, 1.82) is 0 Å². The first-order valence-corrected chi connectivity index (χ1v) is 6.35. The molecule has 0 aromatic heterocycles. The fourth-order valence-corrected chi connectivity index (χ4v) is 2.13. The van der Waals surface area contributed by atoms with E-state index in [2.05, 4.69) is 5.32 Å². The van der Waals surface area contributed by atoms with E-state index < -0.39 is 67.8 Å². The highest BCUT2D eigenvalue weighted by atomic mass is 16.7. The monoisotopic (exact) mass is 325 g/mol. The largest absolute Gasteiger partial charge is 0.477 e. The molecule has 1 rings (SSSR count). The first-order valence-electron chi connectivity index (χ1n) is 6.35. The topological polar surface area (TPSA) is 197 Å². The molecule has 11 nitrogen and oxygen atoms in total. The van der Waals surface area contributed by atoms with Crippen LogP contribution in [0, 0.1) is 0 Å². The Morgan fingerprint density at radius 3 is 2.36 bits per heavy atom. The van der Waals surface area contributed by atoms with Gasteiger partial charge in [0.15, 0.2) is 0 Å². The molecule has 0 bridgehead atoms. The molecule has 0 saturated carbocycles. The van der Waals surface area contributed by atoms with Crippen molar-refractivity contribution in [3.05, 3.63) is 0 Å². The summed E-state index contributed by atoms with van der Waals surface area (Å²) in [5.41, 5.74) is 0. The summed E-state index contributed by atoms with van der Waals surface area (Å²) in [5.74, 6) is -5.64. The zero-order valence-electron chi connectivity index (χ0n) is 11.4. The molecule has 0 aromatic rings. The van der Waals surface area contributed by atoms with Gasteiger partial charge in [0.25, 0.3) is 5.79 Å². The molecular weight excluding hydrogens is 306 g/mol. The smallest absolute Gasteiger partial charge is 0.364 e. The van der Waals surface area contributed by atoms with Crippen molar-refractivity contribution < 1.29 is 50.1 Å². The Labute approximate surface area is 124 Å². The van der Waals surface area contributed by atoms with Crippen LogP contribution >= 0.6 is 0 Å². The summed E-state index contributed by atoms with van der Waals surface area (Å²) in [4.78, 5) is 22.2. The Kier molecular flexibility index (Phi) is 6.19. The second-order valence-electron chi connectivity index (χ2n) is 4.94. The average Bonchev–Trinajstić information content (AvgIpc) is 2.47. The van der Waals surface area contributed by atoms with Gasteiger partial charge in [-0.3, -0.25) is 4.79 Å². The summed E-state index contributed by atoms with van der Waals surface area (Å²) in [7, 11) is 0. The van der Waals surface area contributed by atoms with Gasteiger partial charge in [0.1, 0.15) is 24.9 Å². The highest BCUT2D eigenvalue weighted by molar-refractivity contribution is 5.78. The van der Waals surface area contributed by atoms with Crippen molar-refractivity contribution in [2.24, 2.45) is 0 Å². The number of rotatable bonds is 6. The summed E-state index contributed by atoms with van der Waals surface area (Å²) in [6.07, 6.45) is -7.92. The van der Waals surface area contributed by atoms with Gasteiger partial charge in [-0.25, -0.2) is 4.79 Å². The number of carboxylic acid groups (broad SMARTS) is 1. The van der Waals surface area contributed by atoms with E-state index in [9.17, 15) is 30.0 Å². The van der Waals surface area contributed by atoms with E-state index in [4.69, 9.17) is 20.1 Å². The summed E-state index contributed by atoms with van der Waals surface area (Å²) in [6, 6.07) is -1.42. The van der Waals surface area contributed by atoms with Gasteiger partial charge >= 0.3 is 5.97 Å². The average molecular weight is 325 g/mol. The molecule has 1 amide bonds. The van der Waals surface area contributed by atoms with E-state index in [0.717, 1.165) is 0 Å². The van der Waals surface area contributed by atoms with Crippen LogP contribution in [0.1, 0.15) is 6.42 Å². The summed E-state index contributed by atoms with van der Waals surface area (Å²) >= 11 is 0. The SMILES string of the molecule is O=C(CO)NC1C(O)C[C@@](O)(C(=O)O)OC1C(O)C(O)CO. The number of hydrogen-bond acceptors (Lipinski definition) is 9. The minimum Gasteiger partial charge on any atom is -0.477 e. The minimum atomic E-state index is -2.85. The highest BCUT2D eigenvalue weighted by Crippen LogP contribution is 2.30. The van der Waals surface area contributed by atoms with Gasteiger partial charge in [0, 0.05) is 6.42 Å². The number of carbonyl (C=O) groups excluding carboxylic acids is 1. The molecule has 1 heterocycles. The number of aliphatic hydroxyl groups is 6. The van der Waals surface area contributed by atoms with Crippen LogP contribution in [0.25, 0.3) is 0 Å². The first kappa shape index (κ1) is 18.7. The third kappa shape index (κ3) is 3.89. The van der Waals surface area contributed by atoms with Crippen LogP contribution in [0.3, 0.4) is 0 Å². The molecule has 0 radical (unpaired) electrons. The fourth-order valence-electron chi connectivity index (χ4n) is 2.13. The van der Waals surface area contributed by atoms with E-state index in [1.54, 1.807) is 0 Å². The number of carboxylic acids is 1. The second-order valence-corrected chi connectivity index (χ2v) is 4.94. The van der Waals surface area contributed by atoms with Crippen LogP contribution in [0.4, 0.5) is 0 Å². The standard InChI is InChI=1S/C11H19NO10/c13-2-5(16)8(18)9-7(12-6(17)3-14)4(15)1-11(21,22-9)10(19)20/h4-5,7-9,13-16,18,21H,1-3H2,(H,12,17)(H,19,20)/t4?,5?,7?,8?,9?,11-/m0/s1. The Morgan fingerprint density at radius 2 is 1.91 bits per heavy atom. The minimum absolute atomic E-state index is 0.822. The zero-order chi connectivity index (χ0) is 17.1. The van der Waals surface area contributed by atoms with Crippen LogP contribution in [0.2, 0.25) is 0 Å². The van der Waals surface area contributed by atoms with E-state index in [-0.39, 0.29) is 0 Å². The summed E-state index contributed by atoms with van der Waals surface area (Å²) < 4.78 is 4.83. The maximum Gasteiger partial charge on any atom is 0.364 e. The molecule has 128 valence electrons. The van der Waals surface area contributed by atoms with E-state index in [0.29, 0.717) is 0 Å². The number of nitrogens with one attached hydrogen (secondary N) is 1. The molecule has 0 aliphatic carbocycles. The van der Waals surface area contributed by atoms with Gasteiger partial charge in [0.05, 0.1) is 18.8 Å². The number of aliphatic carboxylic acids is 1. The lowest BCUT2D eigenvalue weighted by atomic mass is 9.88. The molecule has 11 heteroatoms. The number of ether oxygens (including phenoxy) is 1. The molecule has 1 fully saturated rings. The van der Waals surface area contributed by atoms with Crippen molar-refractivity contribution in [2.45, 2.75) is 42.7 Å². The number of hydrogen-bond donors (Lipinski definition) is 8. The normalized spacial score (nSPS) is 34.7.